The van der Waals surface area contributed by atoms with E-state index < -0.39 is 11.7 Å². The lowest BCUT2D eigenvalue weighted by atomic mass is 10.1. The largest absolute Gasteiger partial charge is 0.416 e. The van der Waals surface area contributed by atoms with Crippen molar-refractivity contribution in [3.05, 3.63) is 48.0 Å². The molecule has 0 saturated carbocycles. The van der Waals surface area contributed by atoms with Gasteiger partial charge in [0, 0.05) is 12.6 Å². The number of hydrogen-bond acceptors (Lipinski definition) is 1. The van der Waals surface area contributed by atoms with Gasteiger partial charge in [0.1, 0.15) is 0 Å². The molecule has 100 valence electrons. The summed E-state index contributed by atoms with van der Waals surface area (Å²) in [5, 5.41) is 3.10. The van der Waals surface area contributed by atoms with Crippen LogP contribution in [0.25, 0.3) is 0 Å². The van der Waals surface area contributed by atoms with Crippen LogP contribution in [0.2, 0.25) is 0 Å². The summed E-state index contributed by atoms with van der Waals surface area (Å²) in [6.45, 7) is 5.81. The van der Waals surface area contributed by atoms with Crippen LogP contribution in [0.1, 0.15) is 30.9 Å². The van der Waals surface area contributed by atoms with Gasteiger partial charge in [-0.2, -0.15) is 13.2 Å². The van der Waals surface area contributed by atoms with Gasteiger partial charge in [0.15, 0.2) is 0 Å². The third-order valence-electron chi connectivity index (χ3n) is 2.77. The second kappa shape index (κ2) is 6.59. The lowest BCUT2D eigenvalue weighted by Gasteiger charge is -2.16. The van der Waals surface area contributed by atoms with Crippen LogP contribution in [0.3, 0.4) is 0 Å². The van der Waals surface area contributed by atoms with Crippen LogP contribution >= 0.6 is 0 Å². The van der Waals surface area contributed by atoms with Crippen LogP contribution in [-0.4, -0.2) is 6.04 Å². The summed E-state index contributed by atoms with van der Waals surface area (Å²) in [6.07, 6.45) is -0.753. The van der Waals surface area contributed by atoms with E-state index in [0.29, 0.717) is 0 Å². The number of nitrogens with one attached hydrogen (secondary N) is 1. The fraction of sp³-hybridized carbons (Fsp3) is 0.429. The Morgan fingerprint density at radius 3 is 2.61 bits per heavy atom. The van der Waals surface area contributed by atoms with Crippen molar-refractivity contribution >= 4 is 0 Å². The number of rotatable bonds is 6. The molecule has 1 nitrogen and oxygen atoms in total. The van der Waals surface area contributed by atoms with Crippen LogP contribution < -0.4 is 5.32 Å². The Hall–Kier alpha value is -1.29. The van der Waals surface area contributed by atoms with Crippen molar-refractivity contribution in [2.75, 3.05) is 0 Å². The Morgan fingerprint density at radius 2 is 2.00 bits per heavy atom. The van der Waals surface area contributed by atoms with Gasteiger partial charge in [-0.25, -0.2) is 0 Å². The molecular formula is C14H18F3N. The molecule has 4 heteroatoms. The molecule has 18 heavy (non-hydrogen) atoms. The molecule has 0 spiro atoms. The molecule has 0 aromatic heterocycles. The van der Waals surface area contributed by atoms with Gasteiger partial charge in [-0.05, 0) is 31.4 Å². The molecule has 0 heterocycles. The molecule has 0 bridgehead atoms. The van der Waals surface area contributed by atoms with E-state index in [0.717, 1.165) is 18.9 Å². The average molecular weight is 257 g/mol. The first-order chi connectivity index (χ1) is 8.45. The Bertz CT molecular complexity index is 385. The van der Waals surface area contributed by atoms with Crippen molar-refractivity contribution in [1.29, 1.82) is 0 Å². The van der Waals surface area contributed by atoms with Crippen LogP contribution in [-0.2, 0) is 12.7 Å². The highest BCUT2D eigenvalue weighted by Crippen LogP contribution is 2.31. The Balaban J connectivity index is 2.65. The molecule has 0 amide bonds. The molecule has 1 atom stereocenters. The Labute approximate surface area is 106 Å². The quantitative estimate of drug-likeness (QED) is 0.755. The number of hydrogen-bond donors (Lipinski definition) is 1. The minimum atomic E-state index is -4.29. The molecule has 0 aliphatic heterocycles. The minimum Gasteiger partial charge on any atom is -0.310 e. The van der Waals surface area contributed by atoms with E-state index in [1.165, 1.54) is 12.1 Å². The normalized spacial score (nSPS) is 13.3. The minimum absolute atomic E-state index is 0.171. The summed E-state index contributed by atoms with van der Waals surface area (Å²) in [5.41, 5.74) is -0.274. The molecule has 0 aliphatic carbocycles. The van der Waals surface area contributed by atoms with Crippen LogP contribution in [0, 0.1) is 0 Å². The van der Waals surface area contributed by atoms with E-state index in [4.69, 9.17) is 0 Å². The summed E-state index contributed by atoms with van der Waals surface area (Å²) in [6, 6.07) is 5.83. The lowest BCUT2D eigenvalue weighted by Crippen LogP contribution is -2.26. The van der Waals surface area contributed by atoms with E-state index in [1.54, 1.807) is 6.07 Å². The third kappa shape index (κ3) is 4.53. The van der Waals surface area contributed by atoms with E-state index in [-0.39, 0.29) is 18.2 Å². The van der Waals surface area contributed by atoms with Crippen LogP contribution in [0.5, 0.6) is 0 Å². The van der Waals surface area contributed by atoms with Gasteiger partial charge in [0.25, 0.3) is 0 Å². The van der Waals surface area contributed by atoms with Crippen molar-refractivity contribution in [2.24, 2.45) is 0 Å². The molecule has 0 aliphatic rings. The summed E-state index contributed by atoms with van der Waals surface area (Å²) < 4.78 is 38.2. The van der Waals surface area contributed by atoms with Crippen molar-refractivity contribution in [3.63, 3.8) is 0 Å². The van der Waals surface area contributed by atoms with E-state index in [2.05, 4.69) is 11.9 Å². The van der Waals surface area contributed by atoms with E-state index in [9.17, 15) is 13.2 Å². The molecule has 0 fully saturated rings. The second-order valence-electron chi connectivity index (χ2n) is 4.30. The van der Waals surface area contributed by atoms with Gasteiger partial charge in [-0.1, -0.05) is 24.3 Å². The third-order valence-corrected chi connectivity index (χ3v) is 2.77. The summed E-state index contributed by atoms with van der Waals surface area (Å²) >= 11 is 0. The maximum Gasteiger partial charge on any atom is 0.416 e. The zero-order valence-electron chi connectivity index (χ0n) is 10.4. The average Bonchev–Trinajstić information content (AvgIpc) is 2.33. The Kier molecular flexibility index (Phi) is 5.41. The highest BCUT2D eigenvalue weighted by Gasteiger charge is 2.32. The van der Waals surface area contributed by atoms with Gasteiger partial charge in [0.05, 0.1) is 5.56 Å². The molecule has 1 aromatic rings. The standard InChI is InChI=1S/C14H18F3N/c1-3-4-7-11(2)18-10-12-8-5-6-9-13(12)14(15,16)17/h3,5-6,8-9,11,18H,1,4,7,10H2,2H3. The molecule has 1 N–H and O–H groups in total. The highest BCUT2D eigenvalue weighted by molar-refractivity contribution is 5.29. The maximum atomic E-state index is 12.7. The predicted molar refractivity (Wildman–Crippen MR) is 67.2 cm³/mol. The fourth-order valence-electron chi connectivity index (χ4n) is 1.71. The van der Waals surface area contributed by atoms with Gasteiger partial charge < -0.3 is 5.32 Å². The van der Waals surface area contributed by atoms with Gasteiger partial charge in [0.2, 0.25) is 0 Å². The number of alkyl halides is 3. The predicted octanol–water partition coefficient (Wildman–Crippen LogP) is 4.15. The summed E-state index contributed by atoms with van der Waals surface area (Å²) in [4.78, 5) is 0. The fourth-order valence-corrected chi connectivity index (χ4v) is 1.71. The first-order valence-electron chi connectivity index (χ1n) is 5.94. The van der Waals surface area contributed by atoms with Gasteiger partial charge in [-0.3, -0.25) is 0 Å². The molecule has 1 aromatic carbocycles. The van der Waals surface area contributed by atoms with Crippen molar-refractivity contribution in [3.8, 4) is 0 Å². The monoisotopic (exact) mass is 257 g/mol. The molecule has 0 saturated heterocycles. The SMILES string of the molecule is C=CCCC(C)NCc1ccccc1C(F)(F)F. The van der Waals surface area contributed by atoms with Gasteiger partial charge >= 0.3 is 6.18 Å². The highest BCUT2D eigenvalue weighted by atomic mass is 19.4. The molecule has 1 unspecified atom stereocenters. The summed E-state index contributed by atoms with van der Waals surface area (Å²) in [7, 11) is 0. The zero-order chi connectivity index (χ0) is 13.6. The molecule has 1 rings (SSSR count). The maximum absolute atomic E-state index is 12.7. The first kappa shape index (κ1) is 14.8. The number of allylic oxidation sites excluding steroid dienone is 1. The molecular weight excluding hydrogens is 239 g/mol. The van der Waals surface area contributed by atoms with E-state index >= 15 is 0 Å². The van der Waals surface area contributed by atoms with Crippen molar-refractivity contribution < 1.29 is 13.2 Å². The van der Waals surface area contributed by atoms with Crippen molar-refractivity contribution in [2.45, 2.75) is 38.5 Å². The smallest absolute Gasteiger partial charge is 0.310 e. The molecule has 0 radical (unpaired) electrons. The van der Waals surface area contributed by atoms with Crippen LogP contribution in [0.15, 0.2) is 36.9 Å². The van der Waals surface area contributed by atoms with Gasteiger partial charge in [-0.15, -0.1) is 6.58 Å². The number of benzene rings is 1. The zero-order valence-corrected chi connectivity index (χ0v) is 10.4. The number of halogens is 3. The topological polar surface area (TPSA) is 12.0 Å². The van der Waals surface area contributed by atoms with Crippen LogP contribution in [0.4, 0.5) is 13.2 Å². The Morgan fingerprint density at radius 1 is 1.33 bits per heavy atom. The van der Waals surface area contributed by atoms with E-state index in [1.807, 2.05) is 13.0 Å². The van der Waals surface area contributed by atoms with Crippen molar-refractivity contribution in [1.82, 2.24) is 5.32 Å². The summed E-state index contributed by atoms with van der Waals surface area (Å²) in [5.74, 6) is 0. The lowest BCUT2D eigenvalue weighted by molar-refractivity contribution is -0.138. The second-order valence-corrected chi connectivity index (χ2v) is 4.30. The first-order valence-corrected chi connectivity index (χ1v) is 5.94.